The van der Waals surface area contributed by atoms with Gasteiger partial charge in [0.25, 0.3) is 0 Å². The van der Waals surface area contributed by atoms with Gasteiger partial charge in [0.1, 0.15) is 5.48 Å². The van der Waals surface area contributed by atoms with Gasteiger partial charge in [-0.1, -0.05) is 58.6 Å². The molecule has 0 saturated carbocycles. The van der Waals surface area contributed by atoms with E-state index in [4.69, 9.17) is 4.74 Å². The van der Waals surface area contributed by atoms with Crippen LogP contribution in [0.1, 0.15) is 50.3 Å². The molecule has 0 aliphatic heterocycles. The van der Waals surface area contributed by atoms with Gasteiger partial charge in [0.05, 0.1) is 6.10 Å². The Morgan fingerprint density at radius 1 is 1.45 bits per heavy atom. The maximum Gasteiger partial charge on any atom is 0.102 e. The minimum atomic E-state index is 0.119. The maximum absolute atomic E-state index is 5.98. The van der Waals surface area contributed by atoms with Gasteiger partial charge in [0, 0.05) is 5.56 Å². The molecule has 1 rings (SSSR count). The Bertz CT molecular complexity index is 488. The number of hydrogen-bond donors (Lipinski definition) is 0. The van der Waals surface area contributed by atoms with Crippen LogP contribution < -0.4 is 0 Å². The first-order valence-electron chi connectivity index (χ1n) is 7.25. The Labute approximate surface area is 125 Å². The predicted molar refractivity (Wildman–Crippen MR) is 92.9 cm³/mol. The van der Waals surface area contributed by atoms with Crippen molar-refractivity contribution >= 4 is 20.4 Å². The first kappa shape index (κ1) is 16.9. The van der Waals surface area contributed by atoms with E-state index in [1.54, 1.807) is 0 Å². The molecule has 1 nitrogen and oxygen atoms in total. The summed E-state index contributed by atoms with van der Waals surface area (Å²) in [6, 6.07) is 6.40. The predicted octanol–water partition coefficient (Wildman–Crippen LogP) is 5.27. The number of benzene rings is 1. The summed E-state index contributed by atoms with van der Waals surface area (Å²) in [6.07, 6.45) is 9.19. The molecule has 0 saturated heterocycles. The highest BCUT2D eigenvalue weighted by molar-refractivity contribution is 7.21. The molecule has 20 heavy (non-hydrogen) atoms. The number of hydrogen-bond acceptors (Lipinski definition) is 1. The molecule has 1 atom stereocenters. The first-order chi connectivity index (χ1) is 9.63. The van der Waals surface area contributed by atoms with Crippen LogP contribution in [-0.2, 0) is 11.2 Å². The third-order valence-corrected chi connectivity index (χ3v) is 3.46. The van der Waals surface area contributed by atoms with Crippen molar-refractivity contribution in [3.8, 4) is 0 Å². The van der Waals surface area contributed by atoms with Crippen LogP contribution in [0, 0.1) is 0 Å². The lowest BCUT2D eigenvalue weighted by Gasteiger charge is -2.18. The molecule has 0 aliphatic carbocycles. The lowest BCUT2D eigenvalue weighted by molar-refractivity contribution is 0.218. The number of ether oxygens (including phenoxy) is 1. The second kappa shape index (κ2) is 8.89. The second-order valence-electron chi connectivity index (χ2n) is 4.91. The van der Waals surface area contributed by atoms with Crippen molar-refractivity contribution in [1.82, 2.24) is 0 Å². The van der Waals surface area contributed by atoms with E-state index in [9.17, 15) is 0 Å². The van der Waals surface area contributed by atoms with E-state index in [-0.39, 0.29) is 6.10 Å². The van der Waals surface area contributed by atoms with Gasteiger partial charge in [0.2, 0.25) is 0 Å². The lowest BCUT2D eigenvalue weighted by Crippen LogP contribution is -2.16. The van der Waals surface area contributed by atoms with Crippen LogP contribution in [0.2, 0.25) is 0 Å². The Hall–Kier alpha value is -1.17. The standard InChI is InChI=1S/C18H25OP/c1-5-9-14(4)19-18(20)17-15(10-6-2)12-8-13-16(17)11-7-3/h5-6,8,10,12-14,20H,1,7,9,11H2,2-4H3/b10-6+. The summed E-state index contributed by atoms with van der Waals surface area (Å²) >= 11 is 0. The zero-order valence-electron chi connectivity index (χ0n) is 12.8. The van der Waals surface area contributed by atoms with Crippen LogP contribution >= 0.6 is 8.86 Å². The molecule has 0 bridgehead atoms. The van der Waals surface area contributed by atoms with E-state index < -0.39 is 0 Å². The fourth-order valence-electron chi connectivity index (χ4n) is 2.24. The Balaban J connectivity index is 3.11. The Morgan fingerprint density at radius 3 is 2.80 bits per heavy atom. The molecule has 0 radical (unpaired) electrons. The van der Waals surface area contributed by atoms with Gasteiger partial charge in [-0.15, -0.1) is 6.58 Å². The van der Waals surface area contributed by atoms with Crippen LogP contribution in [0.25, 0.3) is 6.08 Å². The molecule has 0 aliphatic rings. The van der Waals surface area contributed by atoms with E-state index in [0.29, 0.717) is 0 Å². The normalized spacial score (nSPS) is 12.6. The van der Waals surface area contributed by atoms with Crippen LogP contribution in [0.3, 0.4) is 0 Å². The zero-order chi connectivity index (χ0) is 15.0. The lowest BCUT2D eigenvalue weighted by atomic mass is 9.98. The third-order valence-electron chi connectivity index (χ3n) is 3.09. The van der Waals surface area contributed by atoms with Gasteiger partial charge >= 0.3 is 0 Å². The van der Waals surface area contributed by atoms with Gasteiger partial charge in [0.15, 0.2) is 0 Å². The SMILES string of the molecule is C=CCC(C)OC(=P)c1c(/C=C/C)cccc1CCC. The molecule has 0 N–H and O–H groups in total. The van der Waals surface area contributed by atoms with Gasteiger partial charge in [-0.3, -0.25) is 0 Å². The van der Waals surface area contributed by atoms with Crippen LogP contribution in [-0.4, -0.2) is 11.6 Å². The Kier molecular flexibility index (Phi) is 7.51. The van der Waals surface area contributed by atoms with Crippen molar-refractivity contribution < 1.29 is 4.74 Å². The van der Waals surface area contributed by atoms with Crippen molar-refractivity contribution in [1.29, 1.82) is 0 Å². The first-order valence-corrected chi connectivity index (χ1v) is 7.75. The van der Waals surface area contributed by atoms with Gasteiger partial charge < -0.3 is 4.74 Å². The van der Waals surface area contributed by atoms with Gasteiger partial charge in [-0.05, 0) is 37.8 Å². The summed E-state index contributed by atoms with van der Waals surface area (Å²) in [7, 11) is 3.68. The summed E-state index contributed by atoms with van der Waals surface area (Å²) in [6.45, 7) is 10.0. The second-order valence-corrected chi connectivity index (χ2v) is 5.37. The quantitative estimate of drug-likeness (QED) is 0.467. The molecule has 108 valence electrons. The molecule has 0 spiro atoms. The van der Waals surface area contributed by atoms with E-state index >= 15 is 0 Å². The number of aryl methyl sites for hydroxylation is 1. The summed E-state index contributed by atoms with van der Waals surface area (Å²) in [5.74, 6) is 0. The molecule has 1 unspecified atom stereocenters. The van der Waals surface area contributed by atoms with E-state index in [0.717, 1.165) is 24.7 Å². The number of allylic oxidation sites excluding steroid dienone is 1. The van der Waals surface area contributed by atoms with Crippen molar-refractivity contribution in [3.63, 3.8) is 0 Å². The van der Waals surface area contributed by atoms with Crippen molar-refractivity contribution in [2.45, 2.75) is 46.1 Å². The fourth-order valence-corrected chi connectivity index (χ4v) is 2.74. The average molecular weight is 288 g/mol. The van der Waals surface area contributed by atoms with Crippen molar-refractivity contribution in [2.75, 3.05) is 0 Å². The molecule has 2 heteroatoms. The van der Waals surface area contributed by atoms with E-state index in [1.807, 2.05) is 13.0 Å². The minimum Gasteiger partial charge on any atom is -0.338 e. The fraction of sp³-hybridized carbons (Fsp3) is 0.389. The summed E-state index contributed by atoms with van der Waals surface area (Å²) < 4.78 is 5.98. The highest BCUT2D eigenvalue weighted by Gasteiger charge is 2.13. The van der Waals surface area contributed by atoms with Gasteiger partial charge in [-0.2, -0.15) is 0 Å². The molecule has 0 aromatic heterocycles. The van der Waals surface area contributed by atoms with Gasteiger partial charge in [-0.25, -0.2) is 0 Å². The van der Waals surface area contributed by atoms with Crippen LogP contribution in [0.5, 0.6) is 0 Å². The average Bonchev–Trinajstić information content (AvgIpc) is 2.39. The summed E-state index contributed by atoms with van der Waals surface area (Å²) in [5.41, 5.74) is 4.49. The summed E-state index contributed by atoms with van der Waals surface area (Å²) in [5, 5.41) is 0. The molecule has 1 aromatic carbocycles. The van der Waals surface area contributed by atoms with Crippen LogP contribution in [0.4, 0.5) is 0 Å². The smallest absolute Gasteiger partial charge is 0.102 e. The molecular weight excluding hydrogens is 263 g/mol. The zero-order valence-corrected chi connectivity index (χ0v) is 13.8. The van der Waals surface area contributed by atoms with E-state index in [1.165, 1.54) is 16.7 Å². The van der Waals surface area contributed by atoms with Crippen molar-refractivity contribution in [3.05, 3.63) is 53.6 Å². The topological polar surface area (TPSA) is 9.23 Å². The Morgan fingerprint density at radius 2 is 2.20 bits per heavy atom. The van der Waals surface area contributed by atoms with E-state index in [2.05, 4.69) is 59.6 Å². The minimum absolute atomic E-state index is 0.119. The van der Waals surface area contributed by atoms with Crippen molar-refractivity contribution in [2.24, 2.45) is 0 Å². The monoisotopic (exact) mass is 288 g/mol. The highest BCUT2D eigenvalue weighted by atomic mass is 31.0. The van der Waals surface area contributed by atoms with Crippen LogP contribution in [0.15, 0.2) is 36.9 Å². The molecule has 0 amide bonds. The third kappa shape index (κ3) is 4.74. The number of rotatable bonds is 8. The maximum atomic E-state index is 5.98. The highest BCUT2D eigenvalue weighted by Crippen LogP contribution is 2.22. The molecular formula is C18H25OP. The molecule has 0 fully saturated rings. The largest absolute Gasteiger partial charge is 0.338 e. The summed E-state index contributed by atoms with van der Waals surface area (Å²) in [4.78, 5) is 0. The molecule has 1 aromatic rings. The molecule has 0 heterocycles.